The monoisotopic (exact) mass is 337 g/mol. The van der Waals surface area contributed by atoms with Crippen molar-refractivity contribution in [3.05, 3.63) is 49.1 Å². The molecule has 0 spiro atoms. The largest absolute Gasteiger partial charge is 0.391 e. The first-order valence-corrected chi connectivity index (χ1v) is 8.28. The number of anilines is 3. The lowest BCUT2D eigenvalue weighted by Crippen LogP contribution is -2.38. The predicted molar refractivity (Wildman–Crippen MR) is 94.1 cm³/mol. The second-order valence-electron chi connectivity index (χ2n) is 5.95. The van der Waals surface area contributed by atoms with Crippen molar-refractivity contribution in [3.63, 3.8) is 0 Å². The number of β-amino-alcohol motifs (C(OH)–C–C–N with tert-alkyl or cyclic N) is 1. The minimum atomic E-state index is -0.315. The summed E-state index contributed by atoms with van der Waals surface area (Å²) < 4.78 is 1.72. The number of aliphatic hydroxyl groups is 1. The van der Waals surface area contributed by atoms with E-state index in [0.717, 1.165) is 30.8 Å². The van der Waals surface area contributed by atoms with Gasteiger partial charge in [0.2, 0.25) is 11.9 Å². The Morgan fingerprint density at radius 1 is 1.08 bits per heavy atom. The lowest BCUT2D eigenvalue weighted by atomic mass is 10.1. The Kier molecular flexibility index (Phi) is 4.26. The first kappa shape index (κ1) is 15.5. The molecule has 2 N–H and O–H groups in total. The van der Waals surface area contributed by atoms with Gasteiger partial charge in [-0.25, -0.2) is 14.6 Å². The normalized spacial score (nSPS) is 17.5. The summed E-state index contributed by atoms with van der Waals surface area (Å²) in [7, 11) is 0. The van der Waals surface area contributed by atoms with Gasteiger partial charge >= 0.3 is 0 Å². The number of benzene rings is 1. The van der Waals surface area contributed by atoms with Crippen molar-refractivity contribution in [2.45, 2.75) is 18.9 Å². The van der Waals surface area contributed by atoms with Crippen LogP contribution in [0.15, 0.2) is 49.1 Å². The van der Waals surface area contributed by atoms with Gasteiger partial charge in [0.05, 0.1) is 17.5 Å². The summed E-state index contributed by atoms with van der Waals surface area (Å²) in [6.45, 7) is 1.43. The number of aliphatic hydroxyl groups excluding tert-OH is 1. The van der Waals surface area contributed by atoms with E-state index in [0.29, 0.717) is 18.4 Å². The number of para-hydroxylation sites is 2. The van der Waals surface area contributed by atoms with Crippen molar-refractivity contribution < 1.29 is 5.11 Å². The maximum atomic E-state index is 9.85. The minimum Gasteiger partial charge on any atom is -0.391 e. The zero-order valence-electron chi connectivity index (χ0n) is 13.7. The fourth-order valence-electron chi connectivity index (χ4n) is 2.91. The molecule has 0 aliphatic carbocycles. The van der Waals surface area contributed by atoms with Crippen LogP contribution >= 0.6 is 0 Å². The van der Waals surface area contributed by atoms with Crippen LogP contribution < -0.4 is 10.2 Å². The van der Waals surface area contributed by atoms with Gasteiger partial charge in [-0.1, -0.05) is 12.1 Å². The van der Waals surface area contributed by atoms with Crippen LogP contribution in [0.4, 0.5) is 17.6 Å². The minimum absolute atomic E-state index is 0.315. The van der Waals surface area contributed by atoms with Gasteiger partial charge in [0.25, 0.3) is 0 Å². The number of hydrogen-bond acceptors (Lipinski definition) is 7. The molecule has 8 nitrogen and oxygen atoms in total. The van der Waals surface area contributed by atoms with Gasteiger partial charge in [0.1, 0.15) is 6.33 Å². The summed E-state index contributed by atoms with van der Waals surface area (Å²) in [6, 6.07) is 9.55. The van der Waals surface area contributed by atoms with Crippen molar-refractivity contribution >= 4 is 17.6 Å². The number of rotatable bonds is 4. The molecular weight excluding hydrogens is 318 g/mol. The molecule has 8 heteroatoms. The molecule has 1 aliphatic rings. The lowest BCUT2D eigenvalue weighted by Gasteiger charge is -2.28. The maximum Gasteiger partial charge on any atom is 0.245 e. The fraction of sp³-hybridized carbons (Fsp3) is 0.294. The number of nitrogens with zero attached hydrogens (tertiary/aromatic N) is 6. The fourth-order valence-corrected chi connectivity index (χ4v) is 2.91. The molecule has 0 bridgehead atoms. The van der Waals surface area contributed by atoms with Crippen molar-refractivity contribution in [1.29, 1.82) is 0 Å². The van der Waals surface area contributed by atoms with Gasteiger partial charge in [-0.3, -0.25) is 0 Å². The smallest absolute Gasteiger partial charge is 0.245 e. The number of aromatic nitrogens is 5. The maximum absolute atomic E-state index is 9.85. The SMILES string of the molecule is OC1CCCN(c2ncn(-c3ccccc3Nc3ncccn3)n2)C1. The lowest BCUT2D eigenvalue weighted by molar-refractivity contribution is 0.153. The average molecular weight is 337 g/mol. The van der Waals surface area contributed by atoms with Gasteiger partial charge in [-0.05, 0) is 31.0 Å². The van der Waals surface area contributed by atoms with Crippen LogP contribution in [0.1, 0.15) is 12.8 Å². The molecule has 1 saturated heterocycles. The van der Waals surface area contributed by atoms with E-state index in [1.54, 1.807) is 29.5 Å². The Balaban J connectivity index is 1.60. The van der Waals surface area contributed by atoms with Crippen LogP contribution in [0.5, 0.6) is 0 Å². The summed E-state index contributed by atoms with van der Waals surface area (Å²) in [4.78, 5) is 14.8. The zero-order valence-corrected chi connectivity index (χ0v) is 13.7. The second kappa shape index (κ2) is 6.86. The molecule has 4 rings (SSSR count). The molecule has 1 fully saturated rings. The van der Waals surface area contributed by atoms with Crippen molar-refractivity contribution in [2.75, 3.05) is 23.3 Å². The first-order valence-electron chi connectivity index (χ1n) is 8.28. The summed E-state index contributed by atoms with van der Waals surface area (Å²) in [6.07, 6.45) is 6.52. The van der Waals surface area contributed by atoms with E-state index in [2.05, 4.69) is 25.4 Å². The topological polar surface area (TPSA) is 92.0 Å². The quantitative estimate of drug-likeness (QED) is 0.749. The molecular formula is C17H19N7O. The molecule has 1 aromatic carbocycles. The van der Waals surface area contributed by atoms with Crippen LogP contribution in [0.2, 0.25) is 0 Å². The predicted octanol–water partition coefficient (Wildman–Crippen LogP) is 1.76. The Labute approximate surface area is 145 Å². The molecule has 0 amide bonds. The van der Waals surface area contributed by atoms with Crippen LogP contribution in [0.25, 0.3) is 5.69 Å². The van der Waals surface area contributed by atoms with E-state index in [-0.39, 0.29) is 6.10 Å². The first-order chi connectivity index (χ1) is 12.3. The van der Waals surface area contributed by atoms with Crippen molar-refractivity contribution in [2.24, 2.45) is 0 Å². The Morgan fingerprint density at radius 3 is 2.76 bits per heavy atom. The van der Waals surface area contributed by atoms with Crippen LogP contribution in [-0.2, 0) is 0 Å². The van der Waals surface area contributed by atoms with Gasteiger partial charge in [-0.2, -0.15) is 4.98 Å². The summed E-state index contributed by atoms with van der Waals surface area (Å²) in [5.74, 6) is 1.15. The molecule has 0 saturated carbocycles. The zero-order chi connectivity index (χ0) is 17.1. The molecule has 2 aromatic heterocycles. The molecule has 1 unspecified atom stereocenters. The molecule has 0 radical (unpaired) electrons. The Hall–Kier alpha value is -3.00. The van der Waals surface area contributed by atoms with Crippen molar-refractivity contribution in [3.8, 4) is 5.69 Å². The number of hydrogen-bond donors (Lipinski definition) is 2. The van der Waals surface area contributed by atoms with E-state index >= 15 is 0 Å². The molecule has 25 heavy (non-hydrogen) atoms. The summed E-state index contributed by atoms with van der Waals surface area (Å²) in [5.41, 5.74) is 1.69. The Morgan fingerprint density at radius 2 is 1.92 bits per heavy atom. The second-order valence-corrected chi connectivity index (χ2v) is 5.95. The van der Waals surface area contributed by atoms with Gasteiger partial charge in [0, 0.05) is 25.5 Å². The third-order valence-electron chi connectivity index (χ3n) is 4.12. The molecule has 1 aliphatic heterocycles. The van der Waals surface area contributed by atoms with Crippen molar-refractivity contribution in [1.82, 2.24) is 24.7 Å². The molecule has 1 atom stereocenters. The highest BCUT2D eigenvalue weighted by Gasteiger charge is 2.21. The van der Waals surface area contributed by atoms with Crippen LogP contribution in [0, 0.1) is 0 Å². The molecule has 3 heterocycles. The highest BCUT2D eigenvalue weighted by Crippen LogP contribution is 2.23. The highest BCUT2D eigenvalue weighted by atomic mass is 16.3. The highest BCUT2D eigenvalue weighted by molar-refractivity contribution is 5.65. The number of piperidine rings is 1. The van der Waals surface area contributed by atoms with Crippen LogP contribution in [0.3, 0.4) is 0 Å². The van der Waals surface area contributed by atoms with E-state index < -0.39 is 0 Å². The Bertz CT molecular complexity index is 836. The molecule has 3 aromatic rings. The van der Waals surface area contributed by atoms with Crippen LogP contribution in [-0.4, -0.2) is 49.0 Å². The third kappa shape index (κ3) is 3.43. The molecule has 128 valence electrons. The summed E-state index contributed by atoms with van der Waals surface area (Å²) >= 11 is 0. The standard InChI is InChI=1S/C17H19N7O/c25-13-5-3-10-23(11-13)17-20-12-24(22-17)15-7-2-1-6-14(15)21-16-18-8-4-9-19-16/h1-2,4,6-9,12-13,25H,3,5,10-11H2,(H,18,19,21). The van der Waals surface area contributed by atoms with Gasteiger partial charge in [-0.15, -0.1) is 5.10 Å². The van der Waals surface area contributed by atoms with E-state index in [4.69, 9.17) is 0 Å². The third-order valence-corrected chi connectivity index (χ3v) is 4.12. The van der Waals surface area contributed by atoms with E-state index in [9.17, 15) is 5.11 Å². The van der Waals surface area contributed by atoms with Gasteiger partial charge in [0.15, 0.2) is 0 Å². The van der Waals surface area contributed by atoms with E-state index in [1.165, 1.54) is 0 Å². The average Bonchev–Trinajstić information content (AvgIpc) is 3.13. The van der Waals surface area contributed by atoms with E-state index in [1.807, 2.05) is 29.2 Å². The summed E-state index contributed by atoms with van der Waals surface area (Å²) in [5, 5.41) is 17.6. The van der Waals surface area contributed by atoms with Gasteiger partial charge < -0.3 is 15.3 Å². The number of nitrogens with one attached hydrogen (secondary N) is 1.